The monoisotopic (exact) mass is 335 g/mol. The van der Waals surface area contributed by atoms with Crippen LogP contribution in [0.5, 0.6) is 0 Å². The summed E-state index contributed by atoms with van der Waals surface area (Å²) in [7, 11) is 0. The van der Waals surface area contributed by atoms with Gasteiger partial charge in [0.1, 0.15) is 5.69 Å². The summed E-state index contributed by atoms with van der Waals surface area (Å²) in [6.07, 6.45) is -2.93. The second-order valence-electron chi connectivity index (χ2n) is 5.02. The topological polar surface area (TPSA) is 70.9 Å². The molecular formula is C16H12F3N3O2. The first-order valence-electron chi connectivity index (χ1n) is 6.97. The molecule has 2 aromatic heterocycles. The van der Waals surface area contributed by atoms with Crippen LogP contribution in [-0.4, -0.2) is 16.1 Å². The number of furan rings is 1. The van der Waals surface area contributed by atoms with E-state index < -0.39 is 17.6 Å². The third kappa shape index (κ3) is 3.48. The lowest BCUT2D eigenvalue weighted by molar-refractivity contribution is -0.137. The number of carbonyl (C=O) groups excluding carboxylic acids is 1. The molecule has 5 nitrogen and oxygen atoms in total. The Hall–Kier alpha value is -3.03. The molecule has 0 fully saturated rings. The predicted molar refractivity (Wildman–Crippen MR) is 78.9 cm³/mol. The Bertz CT molecular complexity index is 838. The van der Waals surface area contributed by atoms with Gasteiger partial charge in [-0.15, -0.1) is 0 Å². The van der Waals surface area contributed by atoms with E-state index >= 15 is 0 Å². The van der Waals surface area contributed by atoms with Crippen molar-refractivity contribution in [3.05, 3.63) is 65.5 Å². The molecule has 0 aliphatic rings. The molecule has 0 radical (unpaired) electrons. The van der Waals surface area contributed by atoms with Crippen molar-refractivity contribution in [2.75, 3.05) is 0 Å². The van der Waals surface area contributed by atoms with E-state index in [1.807, 2.05) is 0 Å². The van der Waals surface area contributed by atoms with E-state index in [0.29, 0.717) is 17.0 Å². The van der Waals surface area contributed by atoms with E-state index in [-0.39, 0.29) is 12.2 Å². The lowest BCUT2D eigenvalue weighted by atomic mass is 10.1. The molecule has 1 aromatic carbocycles. The predicted octanol–water partition coefficient (Wildman–Crippen LogP) is 3.62. The number of halogens is 3. The maximum Gasteiger partial charge on any atom is 0.416 e. The van der Waals surface area contributed by atoms with Gasteiger partial charge in [-0.25, -0.2) is 0 Å². The zero-order valence-corrected chi connectivity index (χ0v) is 12.2. The third-order valence-corrected chi connectivity index (χ3v) is 3.30. The minimum atomic E-state index is -4.42. The van der Waals surface area contributed by atoms with E-state index in [0.717, 1.165) is 12.1 Å². The van der Waals surface area contributed by atoms with Crippen LogP contribution >= 0.6 is 0 Å². The molecule has 0 spiro atoms. The maximum atomic E-state index is 12.7. The molecule has 0 saturated heterocycles. The fraction of sp³-hybridized carbons (Fsp3) is 0.125. The van der Waals surface area contributed by atoms with Crippen molar-refractivity contribution in [2.24, 2.45) is 0 Å². The second-order valence-corrected chi connectivity index (χ2v) is 5.02. The molecule has 0 aliphatic heterocycles. The van der Waals surface area contributed by atoms with Crippen molar-refractivity contribution in [1.29, 1.82) is 0 Å². The first-order chi connectivity index (χ1) is 11.4. The average Bonchev–Trinajstić information content (AvgIpc) is 3.22. The molecule has 124 valence electrons. The van der Waals surface area contributed by atoms with Gasteiger partial charge in [-0.3, -0.25) is 9.89 Å². The lowest BCUT2D eigenvalue weighted by Crippen LogP contribution is -2.23. The maximum absolute atomic E-state index is 12.7. The molecule has 0 aliphatic carbocycles. The number of alkyl halides is 3. The van der Waals surface area contributed by atoms with Gasteiger partial charge < -0.3 is 9.73 Å². The van der Waals surface area contributed by atoms with Crippen molar-refractivity contribution >= 4 is 5.91 Å². The molecule has 0 unspecified atom stereocenters. The van der Waals surface area contributed by atoms with Gasteiger partial charge in [0.05, 0.1) is 11.8 Å². The van der Waals surface area contributed by atoms with Crippen LogP contribution in [0.4, 0.5) is 13.2 Å². The summed E-state index contributed by atoms with van der Waals surface area (Å²) in [5.41, 5.74) is 0.242. The second kappa shape index (κ2) is 6.23. The molecule has 0 bridgehead atoms. The highest BCUT2D eigenvalue weighted by Gasteiger charge is 2.30. The number of H-pyrrole nitrogens is 1. The summed E-state index contributed by atoms with van der Waals surface area (Å²) in [6.45, 7) is -0.0360. The number of rotatable bonds is 4. The summed E-state index contributed by atoms with van der Waals surface area (Å²) in [5, 5.41) is 9.06. The van der Waals surface area contributed by atoms with E-state index in [2.05, 4.69) is 15.5 Å². The SMILES string of the molecule is O=C(NCc1cccc(C(F)(F)F)c1)c1cc(-c2ccco2)[nH]n1. The van der Waals surface area contributed by atoms with Gasteiger partial charge in [-0.05, 0) is 29.8 Å². The van der Waals surface area contributed by atoms with Crippen LogP contribution < -0.4 is 5.32 Å². The normalized spacial score (nSPS) is 11.5. The summed E-state index contributed by atoms with van der Waals surface area (Å²) >= 11 is 0. The largest absolute Gasteiger partial charge is 0.463 e. The number of amides is 1. The summed E-state index contributed by atoms with van der Waals surface area (Å²) in [6, 6.07) is 9.69. The number of hydrogen-bond acceptors (Lipinski definition) is 3. The van der Waals surface area contributed by atoms with Gasteiger partial charge in [0.25, 0.3) is 5.91 Å². The molecule has 2 N–H and O–H groups in total. The van der Waals surface area contributed by atoms with E-state index in [9.17, 15) is 18.0 Å². The highest BCUT2D eigenvalue weighted by Crippen LogP contribution is 2.29. The molecular weight excluding hydrogens is 323 g/mol. The Kier molecular flexibility index (Phi) is 4.11. The van der Waals surface area contributed by atoms with E-state index in [1.165, 1.54) is 24.5 Å². The molecule has 8 heteroatoms. The van der Waals surface area contributed by atoms with E-state index in [4.69, 9.17) is 4.42 Å². The van der Waals surface area contributed by atoms with E-state index in [1.54, 1.807) is 12.1 Å². The Morgan fingerprint density at radius 3 is 2.75 bits per heavy atom. The minimum absolute atomic E-state index is 0.0360. The van der Waals surface area contributed by atoms with Gasteiger partial charge in [0.2, 0.25) is 0 Å². The first-order valence-corrected chi connectivity index (χ1v) is 6.97. The Morgan fingerprint density at radius 2 is 2.04 bits per heavy atom. The van der Waals surface area contributed by atoms with Gasteiger partial charge in [0, 0.05) is 12.6 Å². The Balaban J connectivity index is 1.66. The summed E-state index contributed by atoms with van der Waals surface area (Å²) in [5.74, 6) is 0.0286. The minimum Gasteiger partial charge on any atom is -0.463 e. The van der Waals surface area contributed by atoms with Crippen molar-refractivity contribution < 1.29 is 22.4 Å². The number of aromatic nitrogens is 2. The molecule has 0 atom stereocenters. The van der Waals surface area contributed by atoms with Crippen LogP contribution in [-0.2, 0) is 12.7 Å². The number of nitrogens with zero attached hydrogens (tertiary/aromatic N) is 1. The van der Waals surface area contributed by atoms with Gasteiger partial charge in [-0.2, -0.15) is 18.3 Å². The number of benzene rings is 1. The van der Waals surface area contributed by atoms with Crippen molar-refractivity contribution in [2.45, 2.75) is 12.7 Å². The standard InChI is InChI=1S/C16H12F3N3O2/c17-16(18,19)11-4-1-3-10(7-11)9-20-15(23)13-8-12(21-22-13)14-5-2-6-24-14/h1-8H,9H2,(H,20,23)(H,21,22). The highest BCUT2D eigenvalue weighted by atomic mass is 19.4. The molecule has 3 aromatic rings. The van der Waals surface area contributed by atoms with Crippen LogP contribution in [0.2, 0.25) is 0 Å². The van der Waals surface area contributed by atoms with Crippen LogP contribution in [0, 0.1) is 0 Å². The van der Waals surface area contributed by atoms with Crippen LogP contribution in [0.1, 0.15) is 21.6 Å². The first kappa shape index (κ1) is 15.9. The Labute approximate surface area is 134 Å². The Morgan fingerprint density at radius 1 is 1.21 bits per heavy atom. The molecule has 2 heterocycles. The third-order valence-electron chi connectivity index (χ3n) is 3.30. The lowest BCUT2D eigenvalue weighted by Gasteiger charge is -2.09. The molecule has 1 amide bonds. The van der Waals surface area contributed by atoms with Gasteiger partial charge >= 0.3 is 6.18 Å². The van der Waals surface area contributed by atoms with Gasteiger partial charge in [-0.1, -0.05) is 12.1 Å². The van der Waals surface area contributed by atoms with Crippen LogP contribution in [0.3, 0.4) is 0 Å². The quantitative estimate of drug-likeness (QED) is 0.765. The highest BCUT2D eigenvalue weighted by molar-refractivity contribution is 5.93. The average molecular weight is 335 g/mol. The molecule has 24 heavy (non-hydrogen) atoms. The fourth-order valence-corrected chi connectivity index (χ4v) is 2.13. The van der Waals surface area contributed by atoms with Crippen LogP contribution in [0.25, 0.3) is 11.5 Å². The smallest absolute Gasteiger partial charge is 0.416 e. The molecule has 0 saturated carbocycles. The van der Waals surface area contributed by atoms with Gasteiger partial charge in [0.15, 0.2) is 11.5 Å². The zero-order valence-electron chi connectivity index (χ0n) is 12.2. The number of carbonyl (C=O) groups is 1. The van der Waals surface area contributed by atoms with Crippen molar-refractivity contribution in [3.8, 4) is 11.5 Å². The summed E-state index contributed by atoms with van der Waals surface area (Å²) < 4.78 is 43.2. The number of aromatic amines is 1. The number of nitrogens with one attached hydrogen (secondary N) is 2. The van der Waals surface area contributed by atoms with Crippen LogP contribution in [0.15, 0.2) is 53.1 Å². The molecule has 3 rings (SSSR count). The van der Waals surface area contributed by atoms with Crippen molar-refractivity contribution in [1.82, 2.24) is 15.5 Å². The fourth-order valence-electron chi connectivity index (χ4n) is 2.13. The van der Waals surface area contributed by atoms with Crippen molar-refractivity contribution in [3.63, 3.8) is 0 Å². The summed E-state index contributed by atoms with van der Waals surface area (Å²) in [4.78, 5) is 12.0. The number of hydrogen-bond donors (Lipinski definition) is 2. The zero-order chi connectivity index (χ0) is 17.2.